The van der Waals surface area contributed by atoms with Gasteiger partial charge in [0.25, 0.3) is 0 Å². The molecule has 20 heavy (non-hydrogen) atoms. The van der Waals surface area contributed by atoms with Crippen LogP contribution in [0.5, 0.6) is 5.75 Å². The van der Waals surface area contributed by atoms with Crippen LogP contribution in [0.15, 0.2) is 54.6 Å². The maximum Gasteiger partial charge on any atom is 0.123 e. The van der Waals surface area contributed by atoms with E-state index in [2.05, 4.69) is 48.5 Å². The van der Waals surface area contributed by atoms with Crippen molar-refractivity contribution in [1.82, 2.24) is 0 Å². The normalized spacial score (nSPS) is 16.0. The Morgan fingerprint density at radius 3 is 2.30 bits per heavy atom. The lowest BCUT2D eigenvalue weighted by Gasteiger charge is -2.24. The lowest BCUT2D eigenvalue weighted by Crippen LogP contribution is -2.07. The Hall–Kier alpha value is -1.76. The van der Waals surface area contributed by atoms with E-state index in [0.717, 1.165) is 5.75 Å². The number of benzene rings is 2. The molecule has 0 bridgehead atoms. The van der Waals surface area contributed by atoms with Gasteiger partial charge in [0.2, 0.25) is 0 Å². The molecule has 0 saturated heterocycles. The molecule has 1 aliphatic carbocycles. The number of ether oxygens (including phenoxy) is 1. The van der Waals surface area contributed by atoms with E-state index >= 15 is 0 Å². The summed E-state index contributed by atoms with van der Waals surface area (Å²) in [6.45, 7) is 0.657. The molecule has 0 amide bonds. The molecular weight excluding hydrogens is 244 g/mol. The van der Waals surface area contributed by atoms with Crippen molar-refractivity contribution in [3.05, 3.63) is 65.7 Å². The van der Waals surface area contributed by atoms with Gasteiger partial charge in [0.1, 0.15) is 12.4 Å². The third-order valence-corrected chi connectivity index (χ3v) is 4.20. The first-order valence-electron chi connectivity index (χ1n) is 7.69. The molecule has 3 rings (SSSR count). The van der Waals surface area contributed by atoms with Gasteiger partial charge in [-0.15, -0.1) is 0 Å². The maximum atomic E-state index is 6.08. The van der Waals surface area contributed by atoms with E-state index in [1.807, 2.05) is 6.07 Å². The first-order chi connectivity index (χ1) is 9.93. The highest BCUT2D eigenvalue weighted by Crippen LogP contribution is 2.37. The van der Waals surface area contributed by atoms with Crippen LogP contribution in [0.3, 0.4) is 0 Å². The minimum absolute atomic E-state index is 0.657. The van der Waals surface area contributed by atoms with Gasteiger partial charge in [0, 0.05) is 0 Å². The highest BCUT2D eigenvalue weighted by Gasteiger charge is 2.18. The van der Waals surface area contributed by atoms with E-state index in [4.69, 9.17) is 4.74 Å². The molecule has 0 unspecified atom stereocenters. The van der Waals surface area contributed by atoms with Crippen LogP contribution in [0, 0.1) is 0 Å². The van der Waals surface area contributed by atoms with Gasteiger partial charge in [-0.3, -0.25) is 0 Å². The lowest BCUT2D eigenvalue weighted by molar-refractivity contribution is 0.297. The van der Waals surface area contributed by atoms with E-state index in [1.165, 1.54) is 43.2 Å². The predicted molar refractivity (Wildman–Crippen MR) is 83.0 cm³/mol. The summed E-state index contributed by atoms with van der Waals surface area (Å²) >= 11 is 0. The maximum absolute atomic E-state index is 6.08. The summed E-state index contributed by atoms with van der Waals surface area (Å²) in [6.07, 6.45) is 6.73. The van der Waals surface area contributed by atoms with Crippen molar-refractivity contribution in [2.75, 3.05) is 0 Å². The van der Waals surface area contributed by atoms with E-state index in [1.54, 1.807) is 0 Å². The fourth-order valence-corrected chi connectivity index (χ4v) is 3.10. The van der Waals surface area contributed by atoms with Gasteiger partial charge < -0.3 is 4.74 Å². The third kappa shape index (κ3) is 3.22. The summed E-state index contributed by atoms with van der Waals surface area (Å²) < 4.78 is 6.08. The molecule has 0 heterocycles. The standard InChI is InChI=1S/C19H22O/c1-3-9-16(10-4-1)15-20-19-14-8-7-13-18(19)17-11-5-2-6-12-17/h1,3-4,7-10,13-14,17H,2,5-6,11-12,15H2. The Labute approximate surface area is 121 Å². The second-order valence-electron chi connectivity index (χ2n) is 5.65. The van der Waals surface area contributed by atoms with Crippen LogP contribution in [0.1, 0.15) is 49.1 Å². The Morgan fingerprint density at radius 1 is 0.800 bits per heavy atom. The zero-order valence-electron chi connectivity index (χ0n) is 11.9. The Kier molecular flexibility index (Phi) is 4.37. The van der Waals surface area contributed by atoms with Gasteiger partial charge in [-0.05, 0) is 36.0 Å². The van der Waals surface area contributed by atoms with E-state index in [0.29, 0.717) is 12.5 Å². The summed E-state index contributed by atoms with van der Waals surface area (Å²) in [4.78, 5) is 0. The monoisotopic (exact) mass is 266 g/mol. The fraction of sp³-hybridized carbons (Fsp3) is 0.368. The van der Waals surface area contributed by atoms with E-state index in [9.17, 15) is 0 Å². The number of para-hydroxylation sites is 1. The van der Waals surface area contributed by atoms with Crippen LogP contribution < -0.4 is 4.74 Å². The smallest absolute Gasteiger partial charge is 0.123 e. The molecule has 0 aromatic heterocycles. The van der Waals surface area contributed by atoms with Crippen molar-refractivity contribution in [2.45, 2.75) is 44.6 Å². The molecule has 1 aliphatic rings. The molecule has 1 nitrogen and oxygen atoms in total. The van der Waals surface area contributed by atoms with Crippen LogP contribution in [-0.2, 0) is 6.61 Å². The van der Waals surface area contributed by atoms with Gasteiger partial charge >= 0.3 is 0 Å². The second-order valence-corrected chi connectivity index (χ2v) is 5.65. The number of rotatable bonds is 4. The van der Waals surface area contributed by atoms with Crippen molar-refractivity contribution in [1.29, 1.82) is 0 Å². The van der Waals surface area contributed by atoms with Gasteiger partial charge in [0.15, 0.2) is 0 Å². The molecule has 2 aromatic rings. The fourth-order valence-electron chi connectivity index (χ4n) is 3.10. The molecular formula is C19H22O. The first-order valence-corrected chi connectivity index (χ1v) is 7.69. The molecule has 1 saturated carbocycles. The highest BCUT2D eigenvalue weighted by atomic mass is 16.5. The topological polar surface area (TPSA) is 9.23 Å². The van der Waals surface area contributed by atoms with Crippen molar-refractivity contribution < 1.29 is 4.74 Å². The summed E-state index contributed by atoms with van der Waals surface area (Å²) in [6, 6.07) is 19.0. The van der Waals surface area contributed by atoms with Crippen molar-refractivity contribution in [3.63, 3.8) is 0 Å². The van der Waals surface area contributed by atoms with Crippen LogP contribution in [-0.4, -0.2) is 0 Å². The minimum Gasteiger partial charge on any atom is -0.489 e. The summed E-state index contributed by atoms with van der Waals surface area (Å²) in [5.41, 5.74) is 2.63. The van der Waals surface area contributed by atoms with Crippen LogP contribution >= 0.6 is 0 Å². The Balaban J connectivity index is 1.72. The van der Waals surface area contributed by atoms with Gasteiger partial charge in [-0.1, -0.05) is 67.8 Å². The molecule has 104 valence electrons. The molecule has 1 heteroatoms. The zero-order chi connectivity index (χ0) is 13.6. The lowest BCUT2D eigenvalue weighted by atomic mass is 9.84. The second kappa shape index (κ2) is 6.60. The average molecular weight is 266 g/mol. The van der Waals surface area contributed by atoms with Crippen LogP contribution in [0.2, 0.25) is 0 Å². The quantitative estimate of drug-likeness (QED) is 0.728. The van der Waals surface area contributed by atoms with Crippen molar-refractivity contribution in [2.24, 2.45) is 0 Å². The highest BCUT2D eigenvalue weighted by molar-refractivity contribution is 5.36. The molecule has 0 N–H and O–H groups in total. The average Bonchev–Trinajstić information content (AvgIpc) is 2.55. The van der Waals surface area contributed by atoms with Gasteiger partial charge in [-0.2, -0.15) is 0 Å². The van der Waals surface area contributed by atoms with Gasteiger partial charge in [-0.25, -0.2) is 0 Å². The molecule has 2 aromatic carbocycles. The van der Waals surface area contributed by atoms with Crippen LogP contribution in [0.25, 0.3) is 0 Å². The number of hydrogen-bond donors (Lipinski definition) is 0. The Bertz CT molecular complexity index is 526. The SMILES string of the molecule is c1ccc(COc2ccccc2C2CCCCC2)cc1. The van der Waals surface area contributed by atoms with Gasteiger partial charge in [0.05, 0.1) is 0 Å². The number of hydrogen-bond acceptors (Lipinski definition) is 1. The molecule has 0 spiro atoms. The molecule has 0 atom stereocenters. The first kappa shape index (κ1) is 13.2. The van der Waals surface area contributed by atoms with Crippen molar-refractivity contribution >= 4 is 0 Å². The zero-order valence-corrected chi connectivity index (χ0v) is 11.9. The molecule has 0 aliphatic heterocycles. The summed E-state index contributed by atoms with van der Waals surface area (Å²) in [7, 11) is 0. The molecule has 1 fully saturated rings. The van der Waals surface area contributed by atoms with Crippen molar-refractivity contribution in [3.8, 4) is 5.75 Å². The summed E-state index contributed by atoms with van der Waals surface area (Å²) in [5.74, 6) is 1.76. The predicted octanol–water partition coefficient (Wildman–Crippen LogP) is 5.31. The van der Waals surface area contributed by atoms with Crippen LogP contribution in [0.4, 0.5) is 0 Å². The molecule has 0 radical (unpaired) electrons. The minimum atomic E-state index is 0.657. The summed E-state index contributed by atoms with van der Waals surface area (Å²) in [5, 5.41) is 0. The van der Waals surface area contributed by atoms with E-state index < -0.39 is 0 Å². The third-order valence-electron chi connectivity index (χ3n) is 4.20. The van der Waals surface area contributed by atoms with E-state index in [-0.39, 0.29) is 0 Å². The Morgan fingerprint density at radius 2 is 1.50 bits per heavy atom. The largest absolute Gasteiger partial charge is 0.489 e.